The van der Waals surface area contributed by atoms with Crippen LogP contribution in [0.2, 0.25) is 0 Å². The molecule has 4 fully saturated rings. The lowest BCUT2D eigenvalue weighted by Gasteiger charge is -2.67. The van der Waals surface area contributed by atoms with Gasteiger partial charge in [0, 0.05) is 43.0 Å². The summed E-state index contributed by atoms with van der Waals surface area (Å²) in [5, 5.41) is 10.9. The van der Waals surface area contributed by atoms with Gasteiger partial charge in [0.1, 0.15) is 0 Å². The first-order valence-electron chi connectivity index (χ1n) is 11.2. The van der Waals surface area contributed by atoms with Crippen LogP contribution < -0.4 is 0 Å². The second-order valence-electron chi connectivity index (χ2n) is 10.1. The smallest absolute Gasteiger partial charge is 0.305 e. The molecule has 2 saturated carbocycles. The largest absolute Gasteiger partial charge is 0.469 e. The van der Waals surface area contributed by atoms with Crippen molar-refractivity contribution >= 4 is 5.97 Å². The van der Waals surface area contributed by atoms with Crippen molar-refractivity contribution in [3.8, 4) is 0 Å². The van der Waals surface area contributed by atoms with Gasteiger partial charge in [-0.15, -0.1) is 0 Å². The van der Waals surface area contributed by atoms with Crippen molar-refractivity contribution in [1.82, 2.24) is 4.90 Å². The fourth-order valence-corrected chi connectivity index (χ4v) is 8.60. The molecule has 0 amide bonds. The Morgan fingerprint density at radius 1 is 1.30 bits per heavy atom. The Morgan fingerprint density at radius 3 is 2.93 bits per heavy atom. The summed E-state index contributed by atoms with van der Waals surface area (Å²) >= 11 is 0. The molecule has 2 aliphatic heterocycles. The normalized spacial score (nSPS) is 48.0. The topological polar surface area (TPSA) is 49.8 Å². The molecule has 3 aliphatic carbocycles. The van der Waals surface area contributed by atoms with Gasteiger partial charge in [0.2, 0.25) is 0 Å². The molecule has 0 aromatic carbocycles. The fraction of sp³-hybridized carbons (Fsp3) is 0.870. The zero-order chi connectivity index (χ0) is 18.8. The Hall–Kier alpha value is -0.870. The van der Waals surface area contributed by atoms with E-state index in [2.05, 4.69) is 17.9 Å². The highest BCUT2D eigenvalue weighted by molar-refractivity contribution is 5.69. The average Bonchev–Trinajstić information content (AvgIpc) is 3.26. The number of allylic oxidation sites excluding steroid dienone is 1. The molecule has 7 atom stereocenters. The van der Waals surface area contributed by atoms with E-state index in [0.717, 1.165) is 25.3 Å². The second-order valence-corrected chi connectivity index (χ2v) is 10.1. The van der Waals surface area contributed by atoms with E-state index in [1.807, 2.05) is 0 Å². The number of piperidine rings is 1. The summed E-state index contributed by atoms with van der Waals surface area (Å²) in [7, 11) is 1.51. The van der Waals surface area contributed by atoms with Crippen LogP contribution in [0.25, 0.3) is 0 Å². The van der Waals surface area contributed by atoms with Crippen LogP contribution in [0, 0.1) is 34.5 Å². The van der Waals surface area contributed by atoms with Gasteiger partial charge in [-0.3, -0.25) is 9.69 Å². The third kappa shape index (κ3) is 2.20. The van der Waals surface area contributed by atoms with Gasteiger partial charge in [0.25, 0.3) is 0 Å². The summed E-state index contributed by atoms with van der Waals surface area (Å²) in [5.41, 5.74) is 1.58. The Labute approximate surface area is 163 Å². The van der Waals surface area contributed by atoms with Crippen molar-refractivity contribution in [2.24, 2.45) is 34.5 Å². The molecule has 0 aromatic rings. The first-order valence-corrected chi connectivity index (χ1v) is 11.2. The molecule has 0 aromatic heterocycles. The van der Waals surface area contributed by atoms with Gasteiger partial charge >= 0.3 is 5.97 Å². The Balaban J connectivity index is 1.70. The van der Waals surface area contributed by atoms with Gasteiger partial charge < -0.3 is 9.84 Å². The van der Waals surface area contributed by atoms with Gasteiger partial charge in [-0.2, -0.15) is 0 Å². The van der Waals surface area contributed by atoms with Crippen molar-refractivity contribution in [1.29, 1.82) is 0 Å². The Morgan fingerprint density at radius 2 is 2.15 bits per heavy atom. The number of carbonyl (C=O) groups excluding carboxylic acids is 1. The quantitative estimate of drug-likeness (QED) is 0.606. The molecule has 150 valence electrons. The SMILES string of the molecule is COC(=O)CC[C@@]12C3=CCC[C@@H]3CC[C@@H]3CN4C[C@@H](C)C(CC[C@@]31CO)C42. The number of ether oxygens (including phenoxy) is 1. The van der Waals surface area contributed by atoms with Crippen LogP contribution in [-0.2, 0) is 9.53 Å². The van der Waals surface area contributed by atoms with Crippen LogP contribution in [0.1, 0.15) is 58.3 Å². The summed E-state index contributed by atoms with van der Waals surface area (Å²) in [4.78, 5) is 15.0. The van der Waals surface area contributed by atoms with Gasteiger partial charge in [-0.1, -0.05) is 18.6 Å². The summed E-state index contributed by atoms with van der Waals surface area (Å²) < 4.78 is 5.06. The number of esters is 1. The van der Waals surface area contributed by atoms with Crippen LogP contribution in [0.3, 0.4) is 0 Å². The highest BCUT2D eigenvalue weighted by atomic mass is 16.5. The van der Waals surface area contributed by atoms with Crippen LogP contribution >= 0.6 is 0 Å². The maximum Gasteiger partial charge on any atom is 0.305 e. The molecule has 5 rings (SSSR count). The summed E-state index contributed by atoms with van der Waals surface area (Å²) in [6.45, 7) is 5.08. The number of hydrogen-bond acceptors (Lipinski definition) is 4. The van der Waals surface area contributed by atoms with Crippen molar-refractivity contribution in [3.63, 3.8) is 0 Å². The minimum Gasteiger partial charge on any atom is -0.469 e. The average molecular weight is 374 g/mol. The zero-order valence-corrected chi connectivity index (χ0v) is 17.0. The molecule has 4 bridgehead atoms. The number of fused-ring (bicyclic) bond motifs is 1. The van der Waals surface area contributed by atoms with Crippen molar-refractivity contribution in [2.75, 3.05) is 26.8 Å². The first-order chi connectivity index (χ1) is 13.1. The fourth-order valence-electron chi connectivity index (χ4n) is 8.60. The van der Waals surface area contributed by atoms with Crippen LogP contribution in [0.4, 0.5) is 0 Å². The highest BCUT2D eigenvalue weighted by Gasteiger charge is 2.71. The number of nitrogens with zero attached hydrogens (tertiary/aromatic N) is 1. The molecule has 4 heteroatoms. The van der Waals surface area contributed by atoms with Crippen LogP contribution in [-0.4, -0.2) is 48.8 Å². The third-order valence-electron chi connectivity index (χ3n) is 9.54. The van der Waals surface area contributed by atoms with E-state index in [1.165, 1.54) is 45.8 Å². The number of methoxy groups -OCH3 is 1. The minimum atomic E-state index is -0.0903. The lowest BCUT2D eigenvalue weighted by atomic mass is 9.42. The first kappa shape index (κ1) is 18.2. The molecular weight excluding hydrogens is 338 g/mol. The number of aliphatic hydroxyl groups excluding tert-OH is 1. The van der Waals surface area contributed by atoms with E-state index < -0.39 is 0 Å². The maximum absolute atomic E-state index is 12.2. The second kappa shape index (κ2) is 6.32. The van der Waals surface area contributed by atoms with E-state index in [4.69, 9.17) is 4.74 Å². The Kier molecular flexibility index (Phi) is 4.25. The zero-order valence-electron chi connectivity index (χ0n) is 17.0. The predicted molar refractivity (Wildman–Crippen MR) is 104 cm³/mol. The van der Waals surface area contributed by atoms with Gasteiger partial charge in [0.15, 0.2) is 0 Å². The summed E-state index contributed by atoms with van der Waals surface area (Å²) in [5.74, 6) is 2.58. The summed E-state index contributed by atoms with van der Waals surface area (Å²) in [6, 6.07) is 0.513. The minimum absolute atomic E-state index is 0.0236. The molecule has 27 heavy (non-hydrogen) atoms. The molecule has 2 heterocycles. The molecule has 0 spiro atoms. The van der Waals surface area contributed by atoms with Crippen LogP contribution in [0.15, 0.2) is 11.6 Å². The molecule has 2 unspecified atom stereocenters. The number of carbonyl (C=O) groups is 1. The molecule has 5 aliphatic rings. The Bertz CT molecular complexity index is 660. The van der Waals surface area contributed by atoms with E-state index in [9.17, 15) is 9.90 Å². The van der Waals surface area contributed by atoms with E-state index >= 15 is 0 Å². The van der Waals surface area contributed by atoms with Crippen molar-refractivity contribution in [3.05, 3.63) is 11.6 Å². The highest BCUT2D eigenvalue weighted by Crippen LogP contribution is 2.72. The third-order valence-corrected chi connectivity index (χ3v) is 9.54. The molecule has 1 N–H and O–H groups in total. The molecular formula is C23H35NO3. The standard InChI is InChI=1S/C23H35NO3/c1-15-12-24-13-17-7-6-16-4-3-5-19(16)23(11-9-20(26)27-2)21(24)18(15)8-10-22(17,23)14-25/h5,15-18,21,25H,3-4,6-14H2,1-2H3/t15-,16-,17-,18?,21?,22-,23+/m1/s1. The number of rotatable bonds is 4. The molecule has 0 radical (unpaired) electrons. The van der Waals surface area contributed by atoms with E-state index in [0.29, 0.717) is 30.2 Å². The van der Waals surface area contributed by atoms with Gasteiger partial charge in [-0.05, 0) is 68.6 Å². The van der Waals surface area contributed by atoms with Crippen LogP contribution in [0.5, 0.6) is 0 Å². The van der Waals surface area contributed by atoms with E-state index in [-0.39, 0.29) is 23.4 Å². The predicted octanol–water partition coefficient (Wildman–Crippen LogP) is 3.40. The van der Waals surface area contributed by atoms with Crippen molar-refractivity contribution in [2.45, 2.75) is 64.3 Å². The van der Waals surface area contributed by atoms with Gasteiger partial charge in [-0.25, -0.2) is 0 Å². The monoisotopic (exact) mass is 373 g/mol. The summed E-state index contributed by atoms with van der Waals surface area (Å²) in [6.07, 6.45) is 11.2. The van der Waals surface area contributed by atoms with Gasteiger partial charge in [0.05, 0.1) is 7.11 Å². The molecule has 4 nitrogen and oxygen atoms in total. The maximum atomic E-state index is 12.2. The lowest BCUT2D eigenvalue weighted by molar-refractivity contribution is -0.176. The number of hydrogen-bond donors (Lipinski definition) is 1. The van der Waals surface area contributed by atoms with E-state index in [1.54, 1.807) is 5.57 Å². The van der Waals surface area contributed by atoms with Crippen molar-refractivity contribution < 1.29 is 14.6 Å². The number of aliphatic hydroxyl groups is 1. The lowest BCUT2D eigenvalue weighted by Crippen LogP contribution is -2.69. The molecule has 2 saturated heterocycles.